The normalized spacial score (nSPS) is 14.4. The van der Waals surface area contributed by atoms with Gasteiger partial charge in [0.2, 0.25) is 29.5 Å². The number of carbonyl (C=O) groups is 7. The molecule has 1 aromatic carbocycles. The number of aliphatic hydroxyl groups excluding tert-OH is 2. The Balaban J connectivity index is 1.19. The molecule has 7 amide bonds. The second-order valence-corrected chi connectivity index (χ2v) is 22.9. The average Bonchev–Trinajstić information content (AvgIpc) is 4.31. The van der Waals surface area contributed by atoms with Gasteiger partial charge in [0.15, 0.2) is 0 Å². The fraction of sp³-hybridized carbons (Fsp3) is 0.545. The molecule has 0 unspecified atom stereocenters. The number of primary amides is 2. The second kappa shape index (κ2) is 34.0. The minimum Gasteiger partial charge on any atom is -0.391 e. The molecule has 0 radical (unpaired) electrons. The lowest BCUT2D eigenvalue weighted by Crippen LogP contribution is -2.58. The molecule has 27 nitrogen and oxygen atoms in total. The van der Waals surface area contributed by atoms with Gasteiger partial charge in [-0.25, -0.2) is 19.9 Å². The highest BCUT2D eigenvalue weighted by atomic mass is 32.1. The van der Waals surface area contributed by atoms with Gasteiger partial charge in [-0.3, -0.25) is 33.6 Å². The third kappa shape index (κ3) is 20.9. The lowest BCUT2D eigenvalue weighted by molar-refractivity contribution is -0.136. The van der Waals surface area contributed by atoms with Gasteiger partial charge in [-0.05, 0) is 96.2 Å². The van der Waals surface area contributed by atoms with Gasteiger partial charge in [0.05, 0.1) is 41.3 Å². The van der Waals surface area contributed by atoms with Gasteiger partial charge in [0, 0.05) is 72.3 Å². The average molecular weight is 1210 g/mol. The van der Waals surface area contributed by atoms with Crippen LogP contribution in [0.1, 0.15) is 115 Å². The first kappa shape index (κ1) is 67.7. The van der Waals surface area contributed by atoms with Gasteiger partial charge in [0.25, 0.3) is 11.8 Å². The Bertz CT molecular complexity index is 2970. The van der Waals surface area contributed by atoms with Gasteiger partial charge in [-0.2, -0.15) is 0 Å². The van der Waals surface area contributed by atoms with Crippen LogP contribution >= 0.6 is 22.7 Å². The van der Waals surface area contributed by atoms with Gasteiger partial charge in [-0.1, -0.05) is 39.0 Å². The number of nitrogens with one attached hydrogen (secondary N) is 9. The molecule has 0 aliphatic rings. The van der Waals surface area contributed by atoms with Crippen molar-refractivity contribution in [3.05, 3.63) is 74.6 Å². The number of rotatable bonds is 38. The first-order valence-corrected chi connectivity index (χ1v) is 29.9. The molecule has 84 heavy (non-hydrogen) atoms. The van der Waals surface area contributed by atoms with E-state index in [1.807, 2.05) is 43.5 Å². The Hall–Kier alpha value is -7.09. The Morgan fingerprint density at radius 2 is 1.46 bits per heavy atom. The number of anilines is 1. The monoisotopic (exact) mass is 1200 g/mol. The molecule has 460 valence electrons. The molecule has 0 aliphatic heterocycles. The van der Waals surface area contributed by atoms with Crippen LogP contribution in [0, 0.1) is 18.8 Å². The molecule has 0 spiro atoms. The lowest BCUT2D eigenvalue weighted by Gasteiger charge is -2.32. The van der Waals surface area contributed by atoms with Crippen molar-refractivity contribution in [2.24, 2.45) is 34.8 Å². The Morgan fingerprint density at radius 3 is 2.14 bits per heavy atom. The Morgan fingerprint density at radius 1 is 0.762 bits per heavy atom. The summed E-state index contributed by atoms with van der Waals surface area (Å²) in [7, 11) is 0. The first-order valence-electron chi connectivity index (χ1n) is 28.2. The molecular formula is C55H84N18O9S2. The molecule has 0 bridgehead atoms. The summed E-state index contributed by atoms with van der Waals surface area (Å²) in [6.07, 6.45) is 2.72. The van der Waals surface area contributed by atoms with E-state index in [1.54, 1.807) is 11.6 Å². The number of thiazole rings is 2. The molecule has 5 aromatic rings. The zero-order valence-corrected chi connectivity index (χ0v) is 49.9. The number of fused-ring (bicyclic) bond motifs is 1. The molecule has 0 saturated heterocycles. The standard InChI is InChI=1S/C55H84N18O9S2/c1-29(2)22-37(68-52(80)39(23-33-25-65-36-13-7-6-12-34(33)36)69-54(82)44-30(3)47(59)73-49(71-44)38(24-42(58)75)66-26-35(57)48(60)77)46(76)31(4)50(78)72-45(32(5)74)53(81)64-21-14-43-67-41(28-83-43)55-70-40(27-84-55)51(79)63-20-11-19-62-17-9-8-16-61-18-10-15-56/h6-7,12-13,25,27-29,31-32,35,37-39,45-46,61-62,65-66,74,76H,8-11,14-24,26,56-57H2,1-5H3,(H2,58,75)(H2,60,77)(H,63,79)(H,64,81)(H,68,80)(H,69,82)(H,72,78)(H2,59,71,73)/t31-,32+,35-,37+,38-,39-,45-,46-/m0/s1. The SMILES string of the molecule is Cc1c(N)nc([C@H](CC(N)=O)NC[C@H](N)C(N)=O)nc1C(=O)N[C@@H](Cc1c[nH]c2ccccc12)C(=O)N[C@H](CC(C)C)[C@@H](O)[C@H](C)C(=O)N[C@H](C(=O)NCCc1nc(-c2nc(C(=O)NCCCNCCCCNCCCN)cs2)cs1)[C@@H](C)O. The molecule has 8 atom stereocenters. The van der Waals surface area contributed by atoms with Crippen molar-refractivity contribution in [2.75, 3.05) is 58.1 Å². The Labute approximate surface area is 496 Å². The number of aliphatic hydroxyl groups is 2. The predicted molar refractivity (Wildman–Crippen MR) is 322 cm³/mol. The highest BCUT2D eigenvalue weighted by Crippen LogP contribution is 2.27. The molecule has 29 heteroatoms. The third-order valence-corrected chi connectivity index (χ3v) is 15.5. The number of carbonyl (C=O) groups excluding carboxylic acids is 7. The number of para-hydroxylation sites is 1. The maximum absolute atomic E-state index is 14.6. The van der Waals surface area contributed by atoms with E-state index in [1.165, 1.54) is 43.4 Å². The summed E-state index contributed by atoms with van der Waals surface area (Å²) < 4.78 is 0. The second-order valence-electron chi connectivity index (χ2n) is 21.1. The summed E-state index contributed by atoms with van der Waals surface area (Å²) in [5, 5.41) is 51.7. The van der Waals surface area contributed by atoms with Crippen LogP contribution in [0.5, 0.6) is 0 Å². The summed E-state index contributed by atoms with van der Waals surface area (Å²) in [4.78, 5) is 114. The summed E-state index contributed by atoms with van der Waals surface area (Å²) in [5.41, 5.74) is 30.6. The van der Waals surface area contributed by atoms with Crippen LogP contribution in [0.15, 0.2) is 41.2 Å². The van der Waals surface area contributed by atoms with Crippen LogP contribution in [0.25, 0.3) is 21.6 Å². The quantitative estimate of drug-likeness (QED) is 0.0217. The maximum atomic E-state index is 14.6. The van der Waals surface area contributed by atoms with E-state index in [0.717, 1.165) is 62.8 Å². The fourth-order valence-corrected chi connectivity index (χ4v) is 10.5. The molecule has 4 heterocycles. The van der Waals surface area contributed by atoms with Crippen molar-refractivity contribution in [3.63, 3.8) is 0 Å². The Kier molecular flexibility index (Phi) is 27.4. The van der Waals surface area contributed by atoms with Gasteiger partial charge < -0.3 is 86.4 Å². The number of nitrogens with zero attached hydrogens (tertiary/aromatic N) is 4. The van der Waals surface area contributed by atoms with Crippen molar-refractivity contribution in [3.8, 4) is 10.7 Å². The van der Waals surface area contributed by atoms with Crippen molar-refractivity contribution in [1.29, 1.82) is 0 Å². The number of unbranched alkanes of at least 4 members (excludes halogenated alkanes) is 1. The van der Waals surface area contributed by atoms with E-state index in [-0.39, 0.29) is 67.1 Å². The number of benzene rings is 1. The van der Waals surface area contributed by atoms with Crippen LogP contribution < -0.4 is 71.2 Å². The van der Waals surface area contributed by atoms with Crippen molar-refractivity contribution in [2.45, 2.75) is 128 Å². The van der Waals surface area contributed by atoms with Crippen molar-refractivity contribution < 1.29 is 43.8 Å². The highest BCUT2D eigenvalue weighted by molar-refractivity contribution is 7.14. The van der Waals surface area contributed by atoms with Gasteiger partial charge >= 0.3 is 0 Å². The number of nitrogens with two attached hydrogens (primary N) is 5. The van der Waals surface area contributed by atoms with E-state index >= 15 is 0 Å². The molecule has 0 aliphatic carbocycles. The highest BCUT2D eigenvalue weighted by Gasteiger charge is 2.36. The summed E-state index contributed by atoms with van der Waals surface area (Å²) >= 11 is 2.64. The number of nitrogen functional groups attached to an aromatic ring is 1. The minimum atomic E-state index is -1.54. The van der Waals surface area contributed by atoms with E-state index in [2.05, 4.69) is 67.5 Å². The minimum absolute atomic E-state index is 0.0670. The molecule has 21 N–H and O–H groups in total. The molecular weight excluding hydrogens is 1120 g/mol. The number of amides is 7. The van der Waals surface area contributed by atoms with E-state index in [9.17, 15) is 43.8 Å². The smallest absolute Gasteiger partial charge is 0.271 e. The first-order chi connectivity index (χ1) is 40.1. The van der Waals surface area contributed by atoms with Crippen LogP contribution in [-0.4, -0.2) is 165 Å². The number of aromatic nitrogens is 5. The predicted octanol–water partition coefficient (Wildman–Crippen LogP) is -0.731. The van der Waals surface area contributed by atoms with E-state index < -0.39 is 83.8 Å². The largest absolute Gasteiger partial charge is 0.391 e. The lowest BCUT2D eigenvalue weighted by atomic mass is 9.90. The molecule has 0 fully saturated rings. The number of aromatic amines is 1. The van der Waals surface area contributed by atoms with Crippen molar-refractivity contribution >= 4 is 80.7 Å². The number of hydrogen-bond acceptors (Lipinski definition) is 21. The summed E-state index contributed by atoms with van der Waals surface area (Å²) in [6.45, 7) is 12.7. The zero-order valence-electron chi connectivity index (χ0n) is 48.3. The summed E-state index contributed by atoms with van der Waals surface area (Å²) in [5.74, 6) is -6.56. The number of H-pyrrole nitrogens is 1. The zero-order chi connectivity index (χ0) is 61.5. The van der Waals surface area contributed by atoms with Crippen LogP contribution in [0.2, 0.25) is 0 Å². The number of hydrogen-bond donors (Lipinski definition) is 16. The van der Waals surface area contributed by atoms with Gasteiger partial charge in [0.1, 0.15) is 45.8 Å². The van der Waals surface area contributed by atoms with Crippen LogP contribution in [0.4, 0.5) is 5.82 Å². The van der Waals surface area contributed by atoms with Gasteiger partial charge in [-0.15, -0.1) is 22.7 Å². The fourth-order valence-electron chi connectivity index (χ4n) is 8.88. The van der Waals surface area contributed by atoms with E-state index in [4.69, 9.17) is 28.7 Å². The summed E-state index contributed by atoms with van der Waals surface area (Å²) in [6, 6.07) is 1.29. The molecule has 0 saturated carbocycles. The maximum Gasteiger partial charge on any atom is 0.271 e. The molecule has 5 rings (SSSR count). The molecule has 4 aromatic heterocycles. The van der Waals surface area contributed by atoms with Crippen molar-refractivity contribution in [1.82, 2.24) is 67.5 Å². The van der Waals surface area contributed by atoms with Crippen LogP contribution in [-0.2, 0) is 36.8 Å². The topological polar surface area (TPSA) is 454 Å². The third-order valence-electron chi connectivity index (χ3n) is 13.7. The van der Waals surface area contributed by atoms with Crippen LogP contribution in [0.3, 0.4) is 0 Å². The van der Waals surface area contributed by atoms with E-state index in [0.29, 0.717) is 46.5 Å².